The molecule has 1 amide bonds. The summed E-state index contributed by atoms with van der Waals surface area (Å²) < 4.78 is 10.3. The number of ether oxygens (including phenoxy) is 1. The Morgan fingerprint density at radius 3 is 2.39 bits per heavy atom. The monoisotopic (exact) mass is 462 g/mol. The van der Waals surface area contributed by atoms with Gasteiger partial charge in [-0.2, -0.15) is 4.98 Å². The van der Waals surface area contributed by atoms with Crippen molar-refractivity contribution >= 4 is 28.3 Å². The van der Waals surface area contributed by atoms with Crippen molar-refractivity contribution < 1.29 is 18.8 Å². The SMILES string of the molecule is CCOC(=O)c1sc(N(Cc2ccccc2)C(=O)c2ccc(-c3nc(C)no3)cc2)nc1C. The number of thiazole rings is 1. The lowest BCUT2D eigenvalue weighted by Crippen LogP contribution is -2.30. The molecule has 0 unspecified atom stereocenters. The van der Waals surface area contributed by atoms with E-state index in [0.717, 1.165) is 22.5 Å². The number of nitrogens with zero attached hydrogens (tertiary/aromatic N) is 4. The fourth-order valence-corrected chi connectivity index (χ4v) is 4.16. The van der Waals surface area contributed by atoms with Crippen LogP contribution in [-0.4, -0.2) is 33.6 Å². The Morgan fingerprint density at radius 2 is 1.76 bits per heavy atom. The summed E-state index contributed by atoms with van der Waals surface area (Å²) in [5.74, 6) is 0.249. The van der Waals surface area contributed by atoms with Gasteiger partial charge in [0.15, 0.2) is 11.0 Å². The maximum Gasteiger partial charge on any atom is 0.350 e. The molecular weight excluding hydrogens is 440 g/mol. The van der Waals surface area contributed by atoms with Crippen molar-refractivity contribution in [2.24, 2.45) is 0 Å². The molecule has 2 heterocycles. The van der Waals surface area contributed by atoms with E-state index in [2.05, 4.69) is 15.1 Å². The number of rotatable bonds is 7. The first-order valence-electron chi connectivity index (χ1n) is 10.4. The third-order valence-corrected chi connectivity index (χ3v) is 5.97. The zero-order valence-corrected chi connectivity index (χ0v) is 19.3. The van der Waals surface area contributed by atoms with E-state index in [-0.39, 0.29) is 12.5 Å². The van der Waals surface area contributed by atoms with Crippen LogP contribution in [0.2, 0.25) is 0 Å². The van der Waals surface area contributed by atoms with Gasteiger partial charge < -0.3 is 9.26 Å². The minimum absolute atomic E-state index is 0.240. The van der Waals surface area contributed by atoms with Gasteiger partial charge in [-0.1, -0.05) is 46.8 Å². The van der Waals surface area contributed by atoms with Crippen LogP contribution in [0.4, 0.5) is 5.13 Å². The van der Waals surface area contributed by atoms with E-state index in [0.29, 0.717) is 39.5 Å². The van der Waals surface area contributed by atoms with Gasteiger partial charge in [-0.25, -0.2) is 9.78 Å². The van der Waals surface area contributed by atoms with Gasteiger partial charge in [-0.3, -0.25) is 9.69 Å². The largest absolute Gasteiger partial charge is 0.462 e. The predicted octanol–water partition coefficient (Wildman–Crippen LogP) is 4.83. The molecule has 0 bridgehead atoms. The van der Waals surface area contributed by atoms with E-state index in [1.807, 2.05) is 30.3 Å². The van der Waals surface area contributed by atoms with E-state index in [4.69, 9.17) is 9.26 Å². The molecule has 2 aromatic carbocycles. The van der Waals surface area contributed by atoms with Crippen LogP contribution in [0.25, 0.3) is 11.5 Å². The number of benzene rings is 2. The van der Waals surface area contributed by atoms with Crippen molar-refractivity contribution in [3.8, 4) is 11.5 Å². The number of hydrogen-bond donors (Lipinski definition) is 0. The second kappa shape index (κ2) is 9.74. The highest BCUT2D eigenvalue weighted by Crippen LogP contribution is 2.30. The molecule has 9 heteroatoms. The molecule has 0 fully saturated rings. The van der Waals surface area contributed by atoms with Crippen LogP contribution in [0.3, 0.4) is 0 Å². The number of amides is 1. The highest BCUT2D eigenvalue weighted by Gasteiger charge is 2.25. The Balaban J connectivity index is 1.67. The van der Waals surface area contributed by atoms with Gasteiger partial charge in [0.25, 0.3) is 11.8 Å². The number of anilines is 1. The molecular formula is C24H22N4O4S. The average molecular weight is 463 g/mol. The molecule has 0 N–H and O–H groups in total. The normalized spacial score (nSPS) is 10.8. The zero-order chi connectivity index (χ0) is 23.4. The van der Waals surface area contributed by atoms with Crippen LogP contribution in [0.5, 0.6) is 0 Å². The lowest BCUT2D eigenvalue weighted by atomic mass is 10.1. The van der Waals surface area contributed by atoms with E-state index in [1.165, 1.54) is 0 Å². The maximum atomic E-state index is 13.5. The second-order valence-electron chi connectivity index (χ2n) is 7.23. The molecule has 8 nitrogen and oxygen atoms in total. The first-order chi connectivity index (χ1) is 16.0. The highest BCUT2D eigenvalue weighted by molar-refractivity contribution is 7.17. The van der Waals surface area contributed by atoms with E-state index >= 15 is 0 Å². The Morgan fingerprint density at radius 1 is 1.03 bits per heavy atom. The van der Waals surface area contributed by atoms with Crippen molar-refractivity contribution in [3.63, 3.8) is 0 Å². The van der Waals surface area contributed by atoms with Crippen LogP contribution in [-0.2, 0) is 11.3 Å². The number of esters is 1. The van der Waals surface area contributed by atoms with E-state index in [1.54, 1.807) is 49.9 Å². The van der Waals surface area contributed by atoms with Crippen molar-refractivity contribution in [2.45, 2.75) is 27.3 Å². The molecule has 33 heavy (non-hydrogen) atoms. The summed E-state index contributed by atoms with van der Waals surface area (Å²) in [6.07, 6.45) is 0. The van der Waals surface area contributed by atoms with Gasteiger partial charge in [0, 0.05) is 11.1 Å². The Kier molecular flexibility index (Phi) is 6.60. The molecule has 0 saturated carbocycles. The third-order valence-electron chi connectivity index (χ3n) is 4.81. The fraction of sp³-hybridized carbons (Fsp3) is 0.208. The number of aryl methyl sites for hydroxylation is 2. The molecule has 0 aliphatic carbocycles. The van der Waals surface area contributed by atoms with Crippen molar-refractivity contribution in [2.75, 3.05) is 11.5 Å². The lowest BCUT2D eigenvalue weighted by molar-refractivity contribution is 0.0531. The third kappa shape index (κ3) is 4.98. The molecule has 4 rings (SSSR count). The summed E-state index contributed by atoms with van der Waals surface area (Å²) in [7, 11) is 0. The van der Waals surface area contributed by atoms with Crippen LogP contribution >= 0.6 is 11.3 Å². The number of carbonyl (C=O) groups excluding carboxylic acids is 2. The molecule has 0 spiro atoms. The molecule has 0 aliphatic rings. The van der Waals surface area contributed by atoms with Gasteiger partial charge in [0.1, 0.15) is 4.88 Å². The smallest absolute Gasteiger partial charge is 0.350 e. The van der Waals surface area contributed by atoms with Crippen LogP contribution in [0.1, 0.15) is 44.0 Å². The van der Waals surface area contributed by atoms with Gasteiger partial charge in [-0.05, 0) is 50.6 Å². The summed E-state index contributed by atoms with van der Waals surface area (Å²) in [5.41, 5.74) is 2.66. The molecule has 168 valence electrons. The Hall–Kier alpha value is -3.85. The van der Waals surface area contributed by atoms with Crippen molar-refractivity contribution in [3.05, 3.63) is 82.1 Å². The quantitative estimate of drug-likeness (QED) is 0.363. The van der Waals surface area contributed by atoms with Crippen molar-refractivity contribution in [1.82, 2.24) is 15.1 Å². The van der Waals surface area contributed by atoms with E-state index in [9.17, 15) is 9.59 Å². The maximum absolute atomic E-state index is 13.5. The summed E-state index contributed by atoms with van der Waals surface area (Å²) in [6.45, 7) is 5.80. The molecule has 0 saturated heterocycles. The molecule has 0 atom stereocenters. The average Bonchev–Trinajstić information content (AvgIpc) is 3.43. The van der Waals surface area contributed by atoms with Crippen LogP contribution < -0.4 is 4.90 Å². The number of hydrogen-bond acceptors (Lipinski definition) is 8. The van der Waals surface area contributed by atoms with E-state index < -0.39 is 5.97 Å². The minimum atomic E-state index is -0.440. The molecule has 0 aliphatic heterocycles. The molecule has 2 aromatic heterocycles. The Labute approximate surface area is 194 Å². The first kappa shape index (κ1) is 22.3. The lowest BCUT2D eigenvalue weighted by Gasteiger charge is -2.20. The summed E-state index contributed by atoms with van der Waals surface area (Å²) in [6, 6.07) is 16.6. The van der Waals surface area contributed by atoms with Gasteiger partial charge >= 0.3 is 5.97 Å². The van der Waals surface area contributed by atoms with Gasteiger partial charge in [0.05, 0.1) is 18.8 Å². The number of aromatic nitrogens is 3. The Bertz CT molecular complexity index is 1270. The van der Waals surface area contributed by atoms with Crippen molar-refractivity contribution in [1.29, 1.82) is 0 Å². The number of carbonyl (C=O) groups is 2. The molecule has 4 aromatic rings. The predicted molar refractivity (Wildman–Crippen MR) is 124 cm³/mol. The van der Waals surface area contributed by atoms with Gasteiger partial charge in [0.2, 0.25) is 0 Å². The molecule has 0 radical (unpaired) electrons. The highest BCUT2D eigenvalue weighted by atomic mass is 32.1. The zero-order valence-electron chi connectivity index (χ0n) is 18.4. The standard InChI is InChI=1S/C24H22N4O4S/c1-4-31-23(30)20-15(2)25-24(33-20)28(14-17-8-6-5-7-9-17)22(29)19-12-10-18(11-13-19)21-26-16(3)27-32-21/h5-13H,4,14H2,1-3H3. The summed E-state index contributed by atoms with van der Waals surface area (Å²) in [5, 5.41) is 4.23. The topological polar surface area (TPSA) is 98.4 Å². The van der Waals surface area contributed by atoms with Crippen LogP contribution in [0.15, 0.2) is 59.1 Å². The fourth-order valence-electron chi connectivity index (χ4n) is 3.20. The summed E-state index contributed by atoms with van der Waals surface area (Å²) >= 11 is 1.15. The summed E-state index contributed by atoms with van der Waals surface area (Å²) in [4.78, 5) is 36.5. The van der Waals surface area contributed by atoms with Gasteiger partial charge in [-0.15, -0.1) is 0 Å². The first-order valence-corrected chi connectivity index (χ1v) is 11.2. The second-order valence-corrected chi connectivity index (χ2v) is 8.21. The van der Waals surface area contributed by atoms with Crippen LogP contribution in [0, 0.1) is 13.8 Å². The minimum Gasteiger partial charge on any atom is -0.462 e.